The summed E-state index contributed by atoms with van der Waals surface area (Å²) >= 11 is 0. The van der Waals surface area contributed by atoms with E-state index in [1.807, 2.05) is 41.4 Å². The first kappa shape index (κ1) is 15.5. The van der Waals surface area contributed by atoms with Crippen LogP contribution in [0.25, 0.3) is 5.69 Å². The highest BCUT2D eigenvalue weighted by Gasteiger charge is 2.23. The Balaban J connectivity index is 0.00000161. The van der Waals surface area contributed by atoms with Crippen molar-refractivity contribution in [2.45, 2.75) is 13.0 Å². The van der Waals surface area contributed by atoms with Gasteiger partial charge in [-0.25, -0.2) is 4.68 Å². The van der Waals surface area contributed by atoms with E-state index in [0.717, 1.165) is 30.9 Å². The lowest BCUT2D eigenvalue weighted by atomic mass is 10.1. The van der Waals surface area contributed by atoms with E-state index in [9.17, 15) is 4.79 Å². The Kier molecular flexibility index (Phi) is 4.98. The smallest absolute Gasteiger partial charge is 0.254 e. The van der Waals surface area contributed by atoms with Gasteiger partial charge < -0.3 is 10.2 Å². The SMILES string of the molecule is CC1CNCCN1C(=O)c1ccc(-n2cccn2)cc1.Cl. The van der Waals surface area contributed by atoms with Crippen molar-refractivity contribution in [1.29, 1.82) is 0 Å². The Labute approximate surface area is 130 Å². The Morgan fingerprint density at radius 3 is 2.71 bits per heavy atom. The van der Waals surface area contributed by atoms with E-state index in [1.165, 1.54) is 0 Å². The number of aromatic nitrogens is 2. The predicted molar refractivity (Wildman–Crippen MR) is 84.2 cm³/mol. The molecule has 1 fully saturated rings. The van der Waals surface area contributed by atoms with Gasteiger partial charge in [-0.2, -0.15) is 5.10 Å². The molecule has 1 unspecified atom stereocenters. The topological polar surface area (TPSA) is 50.2 Å². The van der Waals surface area contributed by atoms with Crippen LogP contribution < -0.4 is 5.32 Å². The molecule has 1 aliphatic heterocycles. The molecule has 1 aromatic heterocycles. The minimum Gasteiger partial charge on any atom is -0.333 e. The molecular weight excluding hydrogens is 288 g/mol. The molecule has 3 rings (SSSR count). The molecule has 21 heavy (non-hydrogen) atoms. The molecule has 0 spiro atoms. The molecule has 2 heterocycles. The summed E-state index contributed by atoms with van der Waals surface area (Å²) in [5, 5.41) is 7.47. The largest absolute Gasteiger partial charge is 0.333 e. The molecule has 0 aliphatic carbocycles. The Hall–Kier alpha value is -1.85. The van der Waals surface area contributed by atoms with Crippen LogP contribution in [0.2, 0.25) is 0 Å². The number of carbonyl (C=O) groups is 1. The Morgan fingerprint density at radius 1 is 1.33 bits per heavy atom. The van der Waals surface area contributed by atoms with Gasteiger partial charge in [0.2, 0.25) is 0 Å². The van der Waals surface area contributed by atoms with E-state index in [2.05, 4.69) is 17.3 Å². The van der Waals surface area contributed by atoms with E-state index < -0.39 is 0 Å². The third-order valence-electron chi connectivity index (χ3n) is 3.65. The number of halogens is 1. The first-order chi connectivity index (χ1) is 9.75. The second-order valence-corrected chi connectivity index (χ2v) is 5.05. The van der Waals surface area contributed by atoms with Crippen molar-refractivity contribution in [2.75, 3.05) is 19.6 Å². The van der Waals surface area contributed by atoms with Crippen LogP contribution >= 0.6 is 12.4 Å². The van der Waals surface area contributed by atoms with Crippen molar-refractivity contribution < 1.29 is 4.79 Å². The lowest BCUT2D eigenvalue weighted by Gasteiger charge is -2.34. The molecule has 1 N–H and O–H groups in total. The van der Waals surface area contributed by atoms with E-state index >= 15 is 0 Å². The number of nitrogens with one attached hydrogen (secondary N) is 1. The minimum absolute atomic E-state index is 0. The number of hydrogen-bond donors (Lipinski definition) is 1. The molecular formula is C15H19ClN4O. The van der Waals surface area contributed by atoms with Crippen molar-refractivity contribution in [3.63, 3.8) is 0 Å². The fourth-order valence-corrected chi connectivity index (χ4v) is 2.49. The first-order valence-electron chi connectivity index (χ1n) is 6.87. The Bertz CT molecular complexity index is 582. The number of amides is 1. The van der Waals surface area contributed by atoms with Gasteiger partial charge in [0.25, 0.3) is 5.91 Å². The van der Waals surface area contributed by atoms with Crippen molar-refractivity contribution in [2.24, 2.45) is 0 Å². The highest BCUT2D eigenvalue weighted by atomic mass is 35.5. The first-order valence-corrected chi connectivity index (χ1v) is 6.87. The van der Waals surface area contributed by atoms with Crippen LogP contribution in [0.4, 0.5) is 0 Å². The normalized spacial score (nSPS) is 18.1. The number of benzene rings is 1. The second-order valence-electron chi connectivity index (χ2n) is 5.05. The number of nitrogens with zero attached hydrogens (tertiary/aromatic N) is 3. The summed E-state index contributed by atoms with van der Waals surface area (Å²) in [5.41, 5.74) is 1.69. The second kappa shape index (κ2) is 6.74. The highest BCUT2D eigenvalue weighted by molar-refractivity contribution is 5.94. The van der Waals surface area contributed by atoms with Crippen molar-refractivity contribution in [1.82, 2.24) is 20.0 Å². The molecule has 1 atom stereocenters. The summed E-state index contributed by atoms with van der Waals surface area (Å²) in [5.74, 6) is 0.103. The Morgan fingerprint density at radius 2 is 2.10 bits per heavy atom. The summed E-state index contributed by atoms with van der Waals surface area (Å²) in [7, 11) is 0. The van der Waals surface area contributed by atoms with E-state index in [0.29, 0.717) is 0 Å². The molecule has 6 heteroatoms. The van der Waals surface area contributed by atoms with Gasteiger partial charge in [-0.15, -0.1) is 12.4 Å². The van der Waals surface area contributed by atoms with Crippen LogP contribution in [0.15, 0.2) is 42.7 Å². The zero-order valence-corrected chi connectivity index (χ0v) is 12.7. The van der Waals surface area contributed by atoms with Gasteiger partial charge >= 0.3 is 0 Å². The van der Waals surface area contributed by atoms with E-state index in [4.69, 9.17) is 0 Å². The van der Waals surface area contributed by atoms with Crippen LogP contribution in [-0.4, -0.2) is 46.3 Å². The number of piperazine rings is 1. The van der Waals surface area contributed by atoms with E-state index in [1.54, 1.807) is 10.9 Å². The third-order valence-corrected chi connectivity index (χ3v) is 3.65. The molecule has 112 valence electrons. The zero-order valence-electron chi connectivity index (χ0n) is 11.9. The van der Waals surface area contributed by atoms with E-state index in [-0.39, 0.29) is 24.4 Å². The van der Waals surface area contributed by atoms with Gasteiger partial charge in [0.05, 0.1) is 5.69 Å². The lowest BCUT2D eigenvalue weighted by molar-refractivity contribution is 0.0656. The van der Waals surface area contributed by atoms with Gasteiger partial charge in [0, 0.05) is 43.6 Å². The van der Waals surface area contributed by atoms with Gasteiger partial charge in [-0.05, 0) is 37.3 Å². The van der Waals surface area contributed by atoms with Gasteiger partial charge in [-0.1, -0.05) is 0 Å². The van der Waals surface area contributed by atoms with Crippen LogP contribution in [0.5, 0.6) is 0 Å². The quantitative estimate of drug-likeness (QED) is 0.919. The summed E-state index contributed by atoms with van der Waals surface area (Å²) < 4.78 is 1.78. The van der Waals surface area contributed by atoms with Gasteiger partial charge in [0.1, 0.15) is 0 Å². The third kappa shape index (κ3) is 3.25. The van der Waals surface area contributed by atoms with Crippen LogP contribution in [-0.2, 0) is 0 Å². The lowest BCUT2D eigenvalue weighted by Crippen LogP contribution is -2.52. The number of rotatable bonds is 2. The molecule has 2 aromatic rings. The molecule has 1 aliphatic rings. The fraction of sp³-hybridized carbons (Fsp3) is 0.333. The molecule has 1 saturated heterocycles. The number of hydrogen-bond acceptors (Lipinski definition) is 3. The highest BCUT2D eigenvalue weighted by Crippen LogP contribution is 2.13. The summed E-state index contributed by atoms with van der Waals surface area (Å²) in [4.78, 5) is 14.4. The zero-order chi connectivity index (χ0) is 13.9. The number of carbonyl (C=O) groups excluding carboxylic acids is 1. The maximum atomic E-state index is 12.5. The van der Waals surface area contributed by atoms with Crippen LogP contribution in [0.1, 0.15) is 17.3 Å². The fourth-order valence-electron chi connectivity index (χ4n) is 2.49. The molecule has 0 saturated carbocycles. The molecule has 1 amide bonds. The van der Waals surface area contributed by atoms with Crippen molar-refractivity contribution >= 4 is 18.3 Å². The maximum absolute atomic E-state index is 12.5. The average molecular weight is 307 g/mol. The predicted octanol–water partition coefficient (Wildman–Crippen LogP) is 1.73. The van der Waals surface area contributed by atoms with Crippen molar-refractivity contribution in [3.05, 3.63) is 48.3 Å². The van der Waals surface area contributed by atoms with Crippen LogP contribution in [0, 0.1) is 0 Å². The maximum Gasteiger partial charge on any atom is 0.254 e. The van der Waals surface area contributed by atoms with Crippen LogP contribution in [0.3, 0.4) is 0 Å². The molecule has 1 aromatic carbocycles. The minimum atomic E-state index is 0. The summed E-state index contributed by atoms with van der Waals surface area (Å²) in [6, 6.07) is 9.70. The summed E-state index contributed by atoms with van der Waals surface area (Å²) in [6.07, 6.45) is 3.62. The van der Waals surface area contributed by atoms with Gasteiger partial charge in [-0.3, -0.25) is 4.79 Å². The van der Waals surface area contributed by atoms with Gasteiger partial charge in [0.15, 0.2) is 0 Å². The monoisotopic (exact) mass is 306 g/mol. The average Bonchev–Trinajstić information content (AvgIpc) is 3.01. The molecule has 0 radical (unpaired) electrons. The molecule has 0 bridgehead atoms. The summed E-state index contributed by atoms with van der Waals surface area (Å²) in [6.45, 7) is 4.56. The molecule has 5 nitrogen and oxygen atoms in total. The van der Waals surface area contributed by atoms with Crippen molar-refractivity contribution in [3.8, 4) is 5.69 Å². The standard InChI is InChI=1S/C15H18N4O.ClH/c1-12-11-16-8-10-18(12)15(20)13-3-5-14(6-4-13)19-9-2-7-17-19;/h2-7,9,12,16H,8,10-11H2,1H3;1H.